The fraction of sp³-hybridized carbons (Fsp3) is 0.318. The minimum Gasteiger partial charge on any atom is -0.481 e. The second kappa shape index (κ2) is 9.23. The zero-order valence-corrected chi connectivity index (χ0v) is 16.3. The maximum Gasteiger partial charge on any atom is 0.317 e. The highest BCUT2D eigenvalue weighted by molar-refractivity contribution is 6.04. The molecule has 3 amide bonds. The highest BCUT2D eigenvalue weighted by Crippen LogP contribution is 2.20. The number of hydrogen-bond acceptors (Lipinski definition) is 3. The first kappa shape index (κ1) is 20.4. The molecule has 3 N–H and O–H groups in total. The van der Waals surface area contributed by atoms with Gasteiger partial charge in [-0.15, -0.1) is 0 Å². The molecule has 7 heteroatoms. The van der Waals surface area contributed by atoms with Gasteiger partial charge in [0.2, 0.25) is 0 Å². The van der Waals surface area contributed by atoms with Crippen LogP contribution in [0.1, 0.15) is 41.7 Å². The van der Waals surface area contributed by atoms with Gasteiger partial charge in [-0.1, -0.05) is 30.3 Å². The predicted octanol–water partition coefficient (Wildman–Crippen LogP) is 3.51. The zero-order valence-electron chi connectivity index (χ0n) is 16.3. The second-order valence-corrected chi connectivity index (χ2v) is 7.22. The SMILES string of the molecule is CC(NC(=O)N1CCC(C(=O)O)CC1)c1cccc(NC(=O)c2ccccc2)c1. The quantitative estimate of drug-likeness (QED) is 0.721. The van der Waals surface area contributed by atoms with E-state index in [1.54, 1.807) is 23.1 Å². The molecule has 1 aliphatic rings. The molecule has 2 aromatic rings. The Kier molecular flexibility index (Phi) is 6.49. The van der Waals surface area contributed by atoms with Gasteiger partial charge in [0.15, 0.2) is 0 Å². The van der Waals surface area contributed by atoms with Crippen LogP contribution in [0.25, 0.3) is 0 Å². The number of hydrogen-bond donors (Lipinski definition) is 3. The van der Waals surface area contributed by atoms with Gasteiger partial charge >= 0.3 is 12.0 Å². The van der Waals surface area contributed by atoms with E-state index >= 15 is 0 Å². The summed E-state index contributed by atoms with van der Waals surface area (Å²) in [7, 11) is 0. The average Bonchev–Trinajstić information content (AvgIpc) is 2.74. The molecule has 1 unspecified atom stereocenters. The standard InChI is InChI=1S/C22H25N3O4/c1-15(23-22(29)25-12-10-17(11-13-25)21(27)28)18-8-5-9-19(14-18)24-20(26)16-6-3-2-4-7-16/h2-9,14-15,17H,10-13H2,1H3,(H,23,29)(H,24,26)(H,27,28). The number of carboxylic acids is 1. The van der Waals surface area contributed by atoms with E-state index in [0.717, 1.165) is 5.56 Å². The molecular weight excluding hydrogens is 370 g/mol. The third-order valence-corrected chi connectivity index (χ3v) is 5.15. The lowest BCUT2D eigenvalue weighted by Gasteiger charge is -2.31. The van der Waals surface area contributed by atoms with E-state index < -0.39 is 5.97 Å². The number of piperidine rings is 1. The lowest BCUT2D eigenvalue weighted by atomic mass is 9.97. The first-order chi connectivity index (χ1) is 13.9. The number of carbonyl (C=O) groups excluding carboxylic acids is 2. The van der Waals surface area contributed by atoms with E-state index in [-0.39, 0.29) is 23.9 Å². The molecule has 0 aromatic heterocycles. The molecule has 152 valence electrons. The molecule has 29 heavy (non-hydrogen) atoms. The van der Waals surface area contributed by atoms with Gasteiger partial charge in [-0.25, -0.2) is 4.79 Å². The number of nitrogens with zero attached hydrogens (tertiary/aromatic N) is 1. The van der Waals surface area contributed by atoms with Crippen molar-refractivity contribution in [1.29, 1.82) is 0 Å². The maximum absolute atomic E-state index is 12.5. The highest BCUT2D eigenvalue weighted by Gasteiger charge is 2.27. The summed E-state index contributed by atoms with van der Waals surface area (Å²) in [6.45, 7) is 2.74. The molecule has 1 heterocycles. The molecule has 1 fully saturated rings. The molecule has 1 atom stereocenters. The Hall–Kier alpha value is -3.35. The number of carbonyl (C=O) groups is 3. The number of likely N-dealkylation sites (tertiary alicyclic amines) is 1. The molecular formula is C22H25N3O4. The van der Waals surface area contributed by atoms with Crippen molar-refractivity contribution in [3.05, 3.63) is 65.7 Å². The molecule has 0 radical (unpaired) electrons. The molecule has 3 rings (SSSR count). The summed E-state index contributed by atoms with van der Waals surface area (Å²) in [5.74, 6) is -1.37. The molecule has 0 aliphatic carbocycles. The largest absolute Gasteiger partial charge is 0.481 e. The summed E-state index contributed by atoms with van der Waals surface area (Å²) in [5.41, 5.74) is 2.09. The number of rotatable bonds is 5. The van der Waals surface area contributed by atoms with Gasteiger partial charge in [0.05, 0.1) is 12.0 Å². The number of urea groups is 1. The average molecular weight is 395 g/mol. The monoisotopic (exact) mass is 395 g/mol. The van der Waals surface area contributed by atoms with Crippen molar-refractivity contribution >= 4 is 23.6 Å². The number of carboxylic acid groups (broad SMARTS) is 1. The van der Waals surface area contributed by atoms with Crippen LogP contribution in [0.3, 0.4) is 0 Å². The van der Waals surface area contributed by atoms with Gasteiger partial charge in [-0.2, -0.15) is 0 Å². The summed E-state index contributed by atoms with van der Waals surface area (Å²) < 4.78 is 0. The van der Waals surface area contributed by atoms with Crippen LogP contribution in [-0.2, 0) is 4.79 Å². The fourth-order valence-corrected chi connectivity index (χ4v) is 3.37. The van der Waals surface area contributed by atoms with Crippen LogP contribution in [0.4, 0.5) is 10.5 Å². The van der Waals surface area contributed by atoms with Crippen LogP contribution in [0.2, 0.25) is 0 Å². The summed E-state index contributed by atoms with van der Waals surface area (Å²) in [6.07, 6.45) is 0.941. The van der Waals surface area contributed by atoms with Gasteiger partial charge < -0.3 is 20.6 Å². The first-order valence-electron chi connectivity index (χ1n) is 9.68. The summed E-state index contributed by atoms with van der Waals surface area (Å²) in [6, 6.07) is 15.9. The number of anilines is 1. The van der Waals surface area contributed by atoms with E-state index in [4.69, 9.17) is 5.11 Å². The Morgan fingerprint density at radius 2 is 1.72 bits per heavy atom. The van der Waals surface area contributed by atoms with Crippen molar-refractivity contribution in [1.82, 2.24) is 10.2 Å². The van der Waals surface area contributed by atoms with Crippen molar-refractivity contribution < 1.29 is 19.5 Å². The van der Waals surface area contributed by atoms with Crippen molar-refractivity contribution in [2.24, 2.45) is 5.92 Å². The van der Waals surface area contributed by atoms with Crippen LogP contribution in [-0.4, -0.2) is 41.0 Å². The Balaban J connectivity index is 1.58. The van der Waals surface area contributed by atoms with Crippen LogP contribution in [0.5, 0.6) is 0 Å². The minimum atomic E-state index is -0.798. The lowest BCUT2D eigenvalue weighted by molar-refractivity contribution is -0.143. The second-order valence-electron chi connectivity index (χ2n) is 7.22. The van der Waals surface area contributed by atoms with Gasteiger partial charge in [0.25, 0.3) is 5.91 Å². The van der Waals surface area contributed by atoms with Crippen molar-refractivity contribution in [3.63, 3.8) is 0 Å². The Labute approximate surface area is 169 Å². The third-order valence-electron chi connectivity index (χ3n) is 5.15. The summed E-state index contributed by atoms with van der Waals surface area (Å²) in [4.78, 5) is 37.5. The third kappa shape index (κ3) is 5.34. The number of aliphatic carboxylic acids is 1. The molecule has 1 aliphatic heterocycles. The molecule has 1 saturated heterocycles. The van der Waals surface area contributed by atoms with E-state index in [0.29, 0.717) is 37.2 Å². The van der Waals surface area contributed by atoms with Crippen LogP contribution >= 0.6 is 0 Å². The van der Waals surface area contributed by atoms with Crippen LogP contribution in [0.15, 0.2) is 54.6 Å². The normalized spacial score (nSPS) is 15.4. The van der Waals surface area contributed by atoms with Crippen molar-refractivity contribution in [3.8, 4) is 0 Å². The minimum absolute atomic E-state index is 0.194. The Morgan fingerprint density at radius 3 is 2.38 bits per heavy atom. The van der Waals surface area contributed by atoms with E-state index in [1.165, 1.54) is 0 Å². The van der Waals surface area contributed by atoms with Crippen LogP contribution < -0.4 is 10.6 Å². The fourth-order valence-electron chi connectivity index (χ4n) is 3.37. The Morgan fingerprint density at radius 1 is 1.03 bits per heavy atom. The number of benzene rings is 2. The van der Waals surface area contributed by atoms with Gasteiger partial charge in [0, 0.05) is 24.3 Å². The van der Waals surface area contributed by atoms with Gasteiger partial charge in [-0.05, 0) is 49.6 Å². The summed E-state index contributed by atoms with van der Waals surface area (Å²) >= 11 is 0. The molecule has 0 spiro atoms. The topological polar surface area (TPSA) is 98.7 Å². The summed E-state index contributed by atoms with van der Waals surface area (Å²) in [5, 5.41) is 14.9. The highest BCUT2D eigenvalue weighted by atomic mass is 16.4. The number of amides is 3. The zero-order chi connectivity index (χ0) is 20.8. The molecule has 0 bridgehead atoms. The smallest absolute Gasteiger partial charge is 0.317 e. The van der Waals surface area contributed by atoms with E-state index in [2.05, 4.69) is 10.6 Å². The predicted molar refractivity (Wildman–Crippen MR) is 110 cm³/mol. The molecule has 2 aromatic carbocycles. The Bertz CT molecular complexity index is 877. The van der Waals surface area contributed by atoms with Crippen molar-refractivity contribution in [2.45, 2.75) is 25.8 Å². The molecule has 7 nitrogen and oxygen atoms in total. The molecule has 0 saturated carbocycles. The maximum atomic E-state index is 12.5. The van der Waals surface area contributed by atoms with Crippen molar-refractivity contribution in [2.75, 3.05) is 18.4 Å². The van der Waals surface area contributed by atoms with E-state index in [1.807, 2.05) is 43.3 Å². The van der Waals surface area contributed by atoms with Gasteiger partial charge in [0.1, 0.15) is 0 Å². The number of nitrogens with one attached hydrogen (secondary N) is 2. The first-order valence-corrected chi connectivity index (χ1v) is 9.68. The van der Waals surface area contributed by atoms with Crippen LogP contribution in [0, 0.1) is 5.92 Å². The van der Waals surface area contributed by atoms with Gasteiger partial charge in [-0.3, -0.25) is 9.59 Å². The van der Waals surface area contributed by atoms with E-state index in [9.17, 15) is 14.4 Å². The lowest BCUT2D eigenvalue weighted by Crippen LogP contribution is -2.46.